The highest BCUT2D eigenvalue weighted by Crippen LogP contribution is 2.37. The summed E-state index contributed by atoms with van der Waals surface area (Å²) in [6, 6.07) is 3.57. The molecule has 0 saturated carbocycles. The quantitative estimate of drug-likeness (QED) is 0.800. The molecule has 1 aliphatic heterocycles. The van der Waals surface area contributed by atoms with E-state index in [-0.39, 0.29) is 17.8 Å². The largest absolute Gasteiger partial charge is 0.444 e. The van der Waals surface area contributed by atoms with Crippen molar-refractivity contribution in [1.29, 1.82) is 0 Å². The third-order valence-electron chi connectivity index (χ3n) is 3.23. The standard InChI is InChI=1S/C16H19F3N2O2/c1-15(2,3)23-14(22)21-7-6-12(16(18,19)9-21)11-5-4-10(20)8-13(11)17/h4-6,8H,7,9,20H2,1-3H3. The van der Waals surface area contributed by atoms with Gasteiger partial charge in [0.15, 0.2) is 0 Å². The van der Waals surface area contributed by atoms with Crippen LogP contribution in [0.4, 0.5) is 23.7 Å². The minimum Gasteiger partial charge on any atom is -0.444 e. The van der Waals surface area contributed by atoms with E-state index in [9.17, 15) is 18.0 Å². The van der Waals surface area contributed by atoms with Crippen molar-refractivity contribution in [3.8, 4) is 0 Å². The van der Waals surface area contributed by atoms with Crippen LogP contribution in [0, 0.1) is 5.82 Å². The molecule has 4 nitrogen and oxygen atoms in total. The van der Waals surface area contributed by atoms with Crippen molar-refractivity contribution in [2.24, 2.45) is 0 Å². The number of amides is 1. The summed E-state index contributed by atoms with van der Waals surface area (Å²) in [5.41, 5.74) is 4.14. The van der Waals surface area contributed by atoms with Crippen LogP contribution in [0.15, 0.2) is 24.3 Å². The Bertz CT molecular complexity index is 651. The highest BCUT2D eigenvalue weighted by atomic mass is 19.3. The number of hydrogen-bond donors (Lipinski definition) is 1. The molecule has 1 amide bonds. The van der Waals surface area contributed by atoms with Gasteiger partial charge in [-0.1, -0.05) is 6.08 Å². The Kier molecular flexibility index (Phi) is 4.32. The number of benzene rings is 1. The van der Waals surface area contributed by atoms with Crippen LogP contribution in [0.2, 0.25) is 0 Å². The Morgan fingerprint density at radius 2 is 2.00 bits per heavy atom. The fraction of sp³-hybridized carbons (Fsp3) is 0.438. The maximum atomic E-state index is 14.4. The van der Waals surface area contributed by atoms with E-state index in [1.807, 2.05) is 0 Å². The van der Waals surface area contributed by atoms with E-state index in [1.165, 1.54) is 12.1 Å². The molecule has 0 radical (unpaired) electrons. The van der Waals surface area contributed by atoms with Crippen LogP contribution in [0.1, 0.15) is 26.3 Å². The average molecular weight is 328 g/mol. The van der Waals surface area contributed by atoms with Crippen LogP contribution in [0.3, 0.4) is 0 Å². The van der Waals surface area contributed by atoms with Gasteiger partial charge in [-0.05, 0) is 39.0 Å². The number of nitrogens with two attached hydrogens (primary N) is 1. The number of nitrogens with zero attached hydrogens (tertiary/aromatic N) is 1. The van der Waals surface area contributed by atoms with Gasteiger partial charge < -0.3 is 10.5 Å². The number of carbonyl (C=O) groups excluding carboxylic acids is 1. The van der Waals surface area contributed by atoms with Crippen LogP contribution in [-0.4, -0.2) is 35.6 Å². The maximum absolute atomic E-state index is 14.4. The summed E-state index contributed by atoms with van der Waals surface area (Å²) in [7, 11) is 0. The molecular weight excluding hydrogens is 309 g/mol. The predicted molar refractivity (Wildman–Crippen MR) is 81.5 cm³/mol. The summed E-state index contributed by atoms with van der Waals surface area (Å²) in [4.78, 5) is 12.8. The lowest BCUT2D eigenvalue weighted by Crippen LogP contribution is -2.47. The number of hydrogen-bond acceptors (Lipinski definition) is 3. The molecule has 1 heterocycles. The monoisotopic (exact) mass is 328 g/mol. The molecule has 0 bridgehead atoms. The number of ether oxygens (including phenoxy) is 1. The summed E-state index contributed by atoms with van der Waals surface area (Å²) in [5.74, 6) is -4.20. The van der Waals surface area contributed by atoms with E-state index in [1.54, 1.807) is 20.8 Å². The van der Waals surface area contributed by atoms with Crippen LogP contribution in [0.25, 0.3) is 5.57 Å². The fourth-order valence-corrected chi connectivity index (χ4v) is 2.26. The molecule has 1 aliphatic rings. The first-order valence-electron chi connectivity index (χ1n) is 7.11. The van der Waals surface area contributed by atoms with E-state index in [2.05, 4.69) is 0 Å². The molecule has 0 fully saturated rings. The highest BCUT2D eigenvalue weighted by molar-refractivity contribution is 5.77. The number of alkyl halides is 2. The van der Waals surface area contributed by atoms with Crippen LogP contribution < -0.4 is 5.73 Å². The van der Waals surface area contributed by atoms with Crippen LogP contribution in [-0.2, 0) is 4.74 Å². The summed E-state index contributed by atoms with van der Waals surface area (Å²) < 4.78 is 47.7. The van der Waals surface area contributed by atoms with Crippen molar-refractivity contribution in [3.05, 3.63) is 35.7 Å². The van der Waals surface area contributed by atoms with Gasteiger partial charge in [0.25, 0.3) is 5.92 Å². The molecule has 23 heavy (non-hydrogen) atoms. The van der Waals surface area contributed by atoms with Gasteiger partial charge in [-0.15, -0.1) is 0 Å². The fourth-order valence-electron chi connectivity index (χ4n) is 2.26. The van der Waals surface area contributed by atoms with Gasteiger partial charge in [0.1, 0.15) is 11.4 Å². The predicted octanol–water partition coefficient (Wildman–Crippen LogP) is 3.68. The molecule has 0 spiro atoms. The molecule has 7 heteroatoms. The Labute approximate surface area is 132 Å². The molecule has 0 unspecified atom stereocenters. The van der Waals surface area contributed by atoms with E-state index < -0.39 is 35.6 Å². The molecular formula is C16H19F3N2O2. The lowest BCUT2D eigenvalue weighted by atomic mass is 9.95. The molecule has 2 N–H and O–H groups in total. The summed E-state index contributed by atoms with van der Waals surface area (Å²) in [6.07, 6.45) is 0.312. The summed E-state index contributed by atoms with van der Waals surface area (Å²) in [6.45, 7) is 4.01. The van der Waals surface area contributed by atoms with Crippen molar-refractivity contribution >= 4 is 17.4 Å². The minimum atomic E-state index is -3.38. The zero-order valence-electron chi connectivity index (χ0n) is 13.2. The normalized spacial score (nSPS) is 17.7. The first-order valence-corrected chi connectivity index (χ1v) is 7.11. The van der Waals surface area contributed by atoms with Crippen LogP contribution in [0.5, 0.6) is 0 Å². The average Bonchev–Trinajstić information content (AvgIpc) is 2.36. The third kappa shape index (κ3) is 3.97. The molecule has 2 rings (SSSR count). The van der Waals surface area contributed by atoms with Gasteiger partial charge in [0.2, 0.25) is 0 Å². The summed E-state index contributed by atoms with van der Waals surface area (Å²) in [5, 5.41) is 0. The highest BCUT2D eigenvalue weighted by Gasteiger charge is 2.43. The second-order valence-corrected chi connectivity index (χ2v) is 6.42. The molecule has 0 atom stereocenters. The van der Waals surface area contributed by atoms with Crippen molar-refractivity contribution < 1.29 is 22.7 Å². The van der Waals surface area contributed by atoms with E-state index >= 15 is 0 Å². The lowest BCUT2D eigenvalue weighted by molar-refractivity contribution is -0.0106. The van der Waals surface area contributed by atoms with Crippen molar-refractivity contribution in [1.82, 2.24) is 4.90 Å². The van der Waals surface area contributed by atoms with Gasteiger partial charge in [0, 0.05) is 23.4 Å². The number of anilines is 1. The zero-order valence-corrected chi connectivity index (χ0v) is 13.2. The number of carbonyl (C=O) groups is 1. The van der Waals surface area contributed by atoms with Gasteiger partial charge in [-0.2, -0.15) is 8.78 Å². The molecule has 1 aromatic carbocycles. The summed E-state index contributed by atoms with van der Waals surface area (Å²) >= 11 is 0. The van der Waals surface area contributed by atoms with Crippen LogP contribution >= 0.6 is 0 Å². The van der Waals surface area contributed by atoms with Crippen molar-refractivity contribution in [2.45, 2.75) is 32.3 Å². The molecule has 0 saturated heterocycles. The number of nitrogen functional groups attached to an aromatic ring is 1. The van der Waals surface area contributed by atoms with Crippen molar-refractivity contribution in [2.75, 3.05) is 18.8 Å². The topological polar surface area (TPSA) is 55.6 Å². The Balaban J connectivity index is 2.26. The zero-order chi connectivity index (χ0) is 17.4. The number of halogens is 3. The SMILES string of the molecule is CC(C)(C)OC(=O)N1CC=C(c2ccc(N)cc2F)C(F)(F)C1. The Morgan fingerprint density at radius 1 is 1.35 bits per heavy atom. The maximum Gasteiger partial charge on any atom is 0.410 e. The van der Waals surface area contributed by atoms with E-state index in [0.717, 1.165) is 17.0 Å². The van der Waals surface area contributed by atoms with Gasteiger partial charge in [0.05, 0.1) is 6.54 Å². The second kappa shape index (κ2) is 5.79. The second-order valence-electron chi connectivity index (χ2n) is 6.42. The van der Waals surface area contributed by atoms with Gasteiger partial charge in [-0.25, -0.2) is 9.18 Å². The minimum absolute atomic E-state index is 0.0797. The Hall–Kier alpha value is -2.18. The van der Waals surface area contributed by atoms with Crippen molar-refractivity contribution in [3.63, 3.8) is 0 Å². The smallest absolute Gasteiger partial charge is 0.410 e. The Morgan fingerprint density at radius 3 is 2.52 bits per heavy atom. The molecule has 1 aromatic rings. The number of rotatable bonds is 1. The first-order chi connectivity index (χ1) is 10.5. The molecule has 126 valence electrons. The third-order valence-corrected chi connectivity index (χ3v) is 3.23. The van der Waals surface area contributed by atoms with Gasteiger partial charge >= 0.3 is 6.09 Å². The first kappa shape index (κ1) is 17.2. The van der Waals surface area contributed by atoms with E-state index in [4.69, 9.17) is 10.5 Å². The molecule has 0 aliphatic carbocycles. The van der Waals surface area contributed by atoms with Gasteiger partial charge in [-0.3, -0.25) is 4.90 Å². The lowest BCUT2D eigenvalue weighted by Gasteiger charge is -2.34. The molecule has 0 aromatic heterocycles. The van der Waals surface area contributed by atoms with E-state index in [0.29, 0.717) is 0 Å².